The van der Waals surface area contributed by atoms with Crippen LogP contribution in [0.4, 0.5) is 0 Å². The summed E-state index contributed by atoms with van der Waals surface area (Å²) >= 11 is 0. The third kappa shape index (κ3) is 21.3. The first kappa shape index (κ1) is 47.8. The molecule has 0 saturated heterocycles. The SMILES string of the molecule is CCCCCCC/C=C/C(O)C(COP(=O)(O)OC1C(O)C(O)C(O)C(O)C1O)NC(=O)CC(O)CCCCC/C=C\CCCCCCCCC. The van der Waals surface area contributed by atoms with Crippen molar-refractivity contribution in [1.29, 1.82) is 0 Å². The van der Waals surface area contributed by atoms with Crippen LogP contribution < -0.4 is 5.32 Å². The Morgan fingerprint density at radius 2 is 1.14 bits per heavy atom. The van der Waals surface area contributed by atoms with Gasteiger partial charge in [0.05, 0.1) is 31.3 Å². The van der Waals surface area contributed by atoms with Crippen molar-refractivity contribution in [2.45, 2.75) is 197 Å². The molecule has 1 fully saturated rings. The maximum Gasteiger partial charge on any atom is 0.472 e. The third-order valence-electron chi connectivity index (χ3n) is 9.28. The van der Waals surface area contributed by atoms with E-state index in [9.17, 15) is 50.0 Å². The van der Waals surface area contributed by atoms with Crippen molar-refractivity contribution in [3.8, 4) is 0 Å². The molecule has 8 unspecified atom stereocenters. The van der Waals surface area contributed by atoms with Gasteiger partial charge in [-0.3, -0.25) is 13.8 Å². The molecule has 0 heterocycles. The largest absolute Gasteiger partial charge is 0.472 e. The first-order chi connectivity index (χ1) is 24.3. The number of hydrogen-bond acceptors (Lipinski definition) is 11. The van der Waals surface area contributed by atoms with Crippen LogP contribution in [0.2, 0.25) is 0 Å². The second-order valence-electron chi connectivity index (χ2n) is 14.0. The molecule has 300 valence electrons. The Bertz CT molecular complexity index is 985. The maximum atomic E-state index is 12.8. The van der Waals surface area contributed by atoms with E-state index < -0.39 is 75.2 Å². The number of rotatable bonds is 30. The predicted octanol–water partition coefficient (Wildman–Crippen LogP) is 4.47. The molecule has 1 rings (SSSR count). The molecule has 0 radical (unpaired) electrons. The van der Waals surface area contributed by atoms with Gasteiger partial charge in [0, 0.05) is 0 Å². The summed E-state index contributed by atoms with van der Waals surface area (Å²) in [6.45, 7) is 3.61. The summed E-state index contributed by atoms with van der Waals surface area (Å²) in [5, 5.41) is 73.8. The van der Waals surface area contributed by atoms with E-state index in [2.05, 4.69) is 31.3 Å². The molecule has 1 amide bonds. The maximum absolute atomic E-state index is 12.8. The average molecular weight is 752 g/mol. The van der Waals surface area contributed by atoms with Gasteiger partial charge in [-0.15, -0.1) is 0 Å². The van der Waals surface area contributed by atoms with Crippen LogP contribution in [-0.2, 0) is 18.4 Å². The van der Waals surface area contributed by atoms with Gasteiger partial charge in [0.25, 0.3) is 0 Å². The number of hydrogen-bond donors (Lipinski definition) is 9. The Hall–Kier alpha value is -1.22. The zero-order valence-corrected chi connectivity index (χ0v) is 31.9. The minimum Gasteiger partial charge on any atom is -0.393 e. The zero-order valence-electron chi connectivity index (χ0n) is 31.0. The van der Waals surface area contributed by atoms with Crippen molar-refractivity contribution >= 4 is 13.7 Å². The van der Waals surface area contributed by atoms with E-state index in [-0.39, 0.29) is 6.42 Å². The molecular weight excluding hydrogens is 681 g/mol. The van der Waals surface area contributed by atoms with Crippen molar-refractivity contribution in [2.75, 3.05) is 6.61 Å². The van der Waals surface area contributed by atoms with E-state index >= 15 is 0 Å². The van der Waals surface area contributed by atoms with Gasteiger partial charge in [-0.05, 0) is 44.9 Å². The highest BCUT2D eigenvalue weighted by Gasteiger charge is 2.51. The van der Waals surface area contributed by atoms with Crippen LogP contribution in [-0.4, -0.2) is 108 Å². The van der Waals surface area contributed by atoms with Gasteiger partial charge >= 0.3 is 7.82 Å². The summed E-state index contributed by atoms with van der Waals surface area (Å²) in [7, 11) is -5.12. The zero-order chi connectivity index (χ0) is 38.1. The number of nitrogens with one attached hydrogen (secondary N) is 1. The molecule has 13 nitrogen and oxygen atoms in total. The lowest BCUT2D eigenvalue weighted by Gasteiger charge is -2.41. The molecule has 14 heteroatoms. The highest BCUT2D eigenvalue weighted by atomic mass is 31.2. The highest BCUT2D eigenvalue weighted by Crippen LogP contribution is 2.47. The van der Waals surface area contributed by atoms with Gasteiger partial charge in [0.2, 0.25) is 5.91 Å². The minimum atomic E-state index is -5.12. The van der Waals surface area contributed by atoms with Gasteiger partial charge < -0.3 is 46.0 Å². The smallest absolute Gasteiger partial charge is 0.393 e. The van der Waals surface area contributed by atoms with Gasteiger partial charge in [0.1, 0.15) is 36.6 Å². The summed E-state index contributed by atoms with van der Waals surface area (Å²) in [4.78, 5) is 23.2. The molecule has 0 aliphatic heterocycles. The van der Waals surface area contributed by atoms with E-state index in [0.29, 0.717) is 12.8 Å². The summed E-state index contributed by atoms with van der Waals surface area (Å²) in [5.74, 6) is -0.608. The van der Waals surface area contributed by atoms with Crippen molar-refractivity contribution in [1.82, 2.24) is 5.32 Å². The van der Waals surface area contributed by atoms with Crippen LogP contribution in [0.25, 0.3) is 0 Å². The normalized spacial score (nSPS) is 25.6. The number of carbonyl (C=O) groups excluding carboxylic acids is 1. The molecule has 1 saturated carbocycles. The molecule has 0 spiro atoms. The molecule has 1 aliphatic carbocycles. The lowest BCUT2D eigenvalue weighted by molar-refractivity contribution is -0.220. The number of phosphoric ester groups is 1. The van der Waals surface area contributed by atoms with Crippen LogP contribution in [0.15, 0.2) is 24.3 Å². The van der Waals surface area contributed by atoms with E-state index in [1.54, 1.807) is 6.08 Å². The molecule has 1 aliphatic rings. The monoisotopic (exact) mass is 751 g/mol. The van der Waals surface area contributed by atoms with Crippen LogP contribution in [0.1, 0.15) is 142 Å². The summed E-state index contributed by atoms with van der Waals surface area (Å²) in [6, 6.07) is -1.24. The van der Waals surface area contributed by atoms with E-state index in [1.165, 1.54) is 51.0 Å². The van der Waals surface area contributed by atoms with Gasteiger partial charge in [0.15, 0.2) is 0 Å². The topological polar surface area (TPSA) is 226 Å². The number of allylic oxidation sites excluding steroid dienone is 3. The van der Waals surface area contributed by atoms with Crippen molar-refractivity contribution in [2.24, 2.45) is 0 Å². The van der Waals surface area contributed by atoms with Crippen LogP contribution in [0, 0.1) is 0 Å². The Balaban J connectivity index is 2.59. The fourth-order valence-electron chi connectivity index (χ4n) is 6.00. The number of amides is 1. The Morgan fingerprint density at radius 3 is 1.67 bits per heavy atom. The van der Waals surface area contributed by atoms with Gasteiger partial charge in [-0.25, -0.2) is 4.57 Å². The van der Waals surface area contributed by atoms with Crippen LogP contribution >= 0.6 is 7.82 Å². The van der Waals surface area contributed by atoms with Gasteiger partial charge in [-0.2, -0.15) is 0 Å². The second kappa shape index (κ2) is 28.3. The molecule has 51 heavy (non-hydrogen) atoms. The van der Waals surface area contributed by atoms with Crippen LogP contribution in [0.3, 0.4) is 0 Å². The quantitative estimate of drug-likeness (QED) is 0.0282. The first-order valence-corrected chi connectivity index (χ1v) is 20.9. The molecule has 0 aromatic rings. The summed E-state index contributed by atoms with van der Waals surface area (Å²) < 4.78 is 22.6. The Morgan fingerprint density at radius 1 is 0.686 bits per heavy atom. The predicted molar refractivity (Wildman–Crippen MR) is 197 cm³/mol. The molecule has 0 bridgehead atoms. The average Bonchev–Trinajstić information content (AvgIpc) is 3.09. The fraction of sp³-hybridized carbons (Fsp3) is 0.865. The molecule has 0 aromatic carbocycles. The number of aliphatic hydroxyl groups is 7. The standard InChI is InChI=1S/C37H70NO12P/c1-3-5-7-9-11-12-13-14-15-16-17-19-20-22-24-28(39)26-31(41)38-29(30(40)25-23-21-18-10-8-6-4-2)27-49-51(47,48)50-37-35(45)33(43)32(42)34(44)36(37)46/h15-16,23,25,28-30,32-37,39-40,42-46H,3-14,17-22,24,26-27H2,1-2H3,(H,38,41)(H,47,48)/b16-15-,25-23+. The van der Waals surface area contributed by atoms with E-state index in [1.807, 2.05) is 0 Å². The molecule has 9 N–H and O–H groups in total. The van der Waals surface area contributed by atoms with Crippen molar-refractivity contribution in [3.63, 3.8) is 0 Å². The lowest BCUT2D eigenvalue weighted by Crippen LogP contribution is -2.64. The minimum absolute atomic E-state index is 0.255. The van der Waals surface area contributed by atoms with Crippen LogP contribution in [0.5, 0.6) is 0 Å². The lowest BCUT2D eigenvalue weighted by atomic mass is 9.85. The van der Waals surface area contributed by atoms with Crippen molar-refractivity contribution in [3.05, 3.63) is 24.3 Å². The van der Waals surface area contributed by atoms with Crippen molar-refractivity contribution < 1.29 is 59.0 Å². The summed E-state index contributed by atoms with van der Waals surface area (Å²) in [5.41, 5.74) is 0. The number of unbranched alkanes of at least 4 members (excludes halogenated alkanes) is 15. The number of aliphatic hydroxyl groups excluding tert-OH is 7. The van der Waals surface area contributed by atoms with Gasteiger partial charge in [-0.1, -0.05) is 115 Å². The Labute approximate surface area is 305 Å². The van der Waals surface area contributed by atoms with E-state index in [0.717, 1.165) is 64.2 Å². The number of carbonyl (C=O) groups is 1. The molecule has 0 aromatic heterocycles. The molecular formula is C37H70NO12P. The fourth-order valence-corrected chi connectivity index (χ4v) is 6.96. The Kier molecular flexibility index (Phi) is 26.5. The summed E-state index contributed by atoms with van der Waals surface area (Å²) in [6.07, 6.45) is 13.3. The third-order valence-corrected chi connectivity index (χ3v) is 10.3. The van der Waals surface area contributed by atoms with E-state index in [4.69, 9.17) is 9.05 Å². The number of phosphoric acid groups is 1. The second-order valence-corrected chi connectivity index (χ2v) is 15.4. The molecule has 8 atom stereocenters. The first-order valence-electron chi connectivity index (χ1n) is 19.4. The highest BCUT2D eigenvalue weighted by molar-refractivity contribution is 7.47.